The number of carbonyl (C=O) groups is 1. The van der Waals surface area contributed by atoms with Crippen LogP contribution in [-0.4, -0.2) is 10.9 Å². The number of aromatic nitrogens is 1. The number of nitrogens with zero attached hydrogens (tertiary/aromatic N) is 1. The van der Waals surface area contributed by atoms with Gasteiger partial charge in [-0.25, -0.2) is 4.98 Å². The van der Waals surface area contributed by atoms with E-state index >= 15 is 0 Å². The minimum Gasteiger partial charge on any atom is -0.352 e. The molecule has 0 spiro atoms. The number of thiophene rings is 1. The summed E-state index contributed by atoms with van der Waals surface area (Å²) >= 11 is 12.7. The van der Waals surface area contributed by atoms with Crippen molar-refractivity contribution in [2.24, 2.45) is 0 Å². The van der Waals surface area contributed by atoms with Gasteiger partial charge in [-0.15, -0.1) is 22.7 Å². The largest absolute Gasteiger partial charge is 0.352 e. The van der Waals surface area contributed by atoms with Crippen molar-refractivity contribution in [3.05, 3.63) is 61.8 Å². The van der Waals surface area contributed by atoms with Crippen LogP contribution in [0.1, 0.15) is 11.3 Å². The molecule has 0 saturated heterocycles. The number of amides is 1. The summed E-state index contributed by atoms with van der Waals surface area (Å²) in [5.41, 5.74) is 1.68. The number of hydrogen-bond donors (Lipinski definition) is 1. The molecule has 0 aliphatic heterocycles. The highest BCUT2D eigenvalue weighted by atomic mass is 79.9. The minimum atomic E-state index is -0.0629. The molecule has 0 saturated carbocycles. The van der Waals surface area contributed by atoms with E-state index in [1.165, 1.54) is 0 Å². The van der Waals surface area contributed by atoms with Gasteiger partial charge in [0.2, 0.25) is 5.91 Å². The second-order valence-corrected chi connectivity index (χ2v) is 7.94. The van der Waals surface area contributed by atoms with Crippen molar-refractivity contribution < 1.29 is 4.79 Å². The summed E-state index contributed by atoms with van der Waals surface area (Å²) in [5, 5.41) is 8.42. The van der Waals surface area contributed by atoms with Gasteiger partial charge in [-0.05, 0) is 29.1 Å². The van der Waals surface area contributed by atoms with Crippen molar-refractivity contribution in [2.75, 3.05) is 0 Å². The van der Waals surface area contributed by atoms with Gasteiger partial charge in [0, 0.05) is 21.4 Å². The maximum absolute atomic E-state index is 12.1. The third kappa shape index (κ3) is 4.41. The minimum absolute atomic E-state index is 0.0629. The van der Waals surface area contributed by atoms with E-state index in [4.69, 9.17) is 11.6 Å². The van der Waals surface area contributed by atoms with E-state index in [1.54, 1.807) is 22.7 Å². The molecule has 0 bridgehead atoms. The van der Waals surface area contributed by atoms with Crippen molar-refractivity contribution in [1.29, 1.82) is 0 Å². The monoisotopic (exact) mass is 426 g/mol. The van der Waals surface area contributed by atoms with Crippen LogP contribution in [0.4, 0.5) is 0 Å². The highest BCUT2D eigenvalue weighted by Crippen LogP contribution is 2.28. The Morgan fingerprint density at radius 3 is 2.91 bits per heavy atom. The molecule has 1 amide bonds. The Morgan fingerprint density at radius 2 is 2.17 bits per heavy atom. The van der Waals surface area contributed by atoms with Gasteiger partial charge in [-0.2, -0.15) is 0 Å². The molecule has 2 aromatic heterocycles. The van der Waals surface area contributed by atoms with E-state index in [2.05, 4.69) is 26.2 Å². The van der Waals surface area contributed by atoms with Gasteiger partial charge in [0.1, 0.15) is 5.01 Å². The molecule has 7 heteroatoms. The quantitative estimate of drug-likeness (QED) is 0.612. The molecule has 3 aromatic rings. The summed E-state index contributed by atoms with van der Waals surface area (Å²) < 4.78 is 0.918. The molecule has 0 aliphatic carbocycles. The summed E-state index contributed by atoms with van der Waals surface area (Å²) in [6, 6.07) is 9.64. The second kappa shape index (κ2) is 7.57. The zero-order valence-corrected chi connectivity index (χ0v) is 15.9. The normalized spacial score (nSPS) is 10.7. The molecule has 1 N–H and O–H groups in total. The molecule has 118 valence electrons. The van der Waals surface area contributed by atoms with E-state index in [0.29, 0.717) is 11.6 Å². The van der Waals surface area contributed by atoms with Crippen LogP contribution in [0.5, 0.6) is 0 Å². The highest BCUT2D eigenvalue weighted by Gasteiger charge is 2.10. The van der Waals surface area contributed by atoms with Gasteiger partial charge in [-0.1, -0.05) is 39.7 Å². The number of nitrogens with one attached hydrogen (secondary N) is 1. The molecule has 1 aromatic carbocycles. The Balaban J connectivity index is 1.57. The fourth-order valence-electron chi connectivity index (χ4n) is 1.99. The van der Waals surface area contributed by atoms with Crippen LogP contribution >= 0.6 is 50.2 Å². The summed E-state index contributed by atoms with van der Waals surface area (Å²) in [6.07, 6.45) is 0.274. The topological polar surface area (TPSA) is 42.0 Å². The van der Waals surface area contributed by atoms with Crippen LogP contribution in [-0.2, 0) is 17.8 Å². The van der Waals surface area contributed by atoms with Crippen LogP contribution in [0.25, 0.3) is 9.88 Å². The average Bonchev–Trinajstić information content (AvgIpc) is 3.17. The lowest BCUT2D eigenvalue weighted by Gasteiger charge is -2.06. The van der Waals surface area contributed by atoms with Crippen LogP contribution in [0, 0.1) is 0 Å². The van der Waals surface area contributed by atoms with Gasteiger partial charge in [0.25, 0.3) is 0 Å². The van der Waals surface area contributed by atoms with Crippen molar-refractivity contribution in [3.8, 4) is 9.88 Å². The molecule has 0 unspecified atom stereocenters. The second-order valence-electron chi connectivity index (χ2n) is 4.81. The molecule has 0 radical (unpaired) electrons. The zero-order valence-electron chi connectivity index (χ0n) is 11.9. The molecule has 0 aliphatic rings. The van der Waals surface area contributed by atoms with Crippen LogP contribution in [0.2, 0.25) is 5.02 Å². The first-order valence-electron chi connectivity index (χ1n) is 6.81. The van der Waals surface area contributed by atoms with Crippen LogP contribution < -0.4 is 5.32 Å². The van der Waals surface area contributed by atoms with Gasteiger partial charge in [0.15, 0.2) is 0 Å². The first kappa shape index (κ1) is 16.6. The molecule has 3 nitrogen and oxygen atoms in total. The third-order valence-corrected chi connectivity index (χ3v) is 5.89. The smallest absolute Gasteiger partial charge is 0.226 e. The van der Waals surface area contributed by atoms with Gasteiger partial charge < -0.3 is 5.32 Å². The van der Waals surface area contributed by atoms with Crippen molar-refractivity contribution in [2.45, 2.75) is 13.0 Å². The standard InChI is InChI=1S/C16H12BrClN2OS2/c17-11-4-3-10(13(18)6-11)8-19-15(21)7-12-9-23-16(20-12)14-2-1-5-22-14/h1-6,9H,7-8H2,(H,19,21). The van der Waals surface area contributed by atoms with Crippen LogP contribution in [0.3, 0.4) is 0 Å². The van der Waals surface area contributed by atoms with E-state index in [9.17, 15) is 4.79 Å². The summed E-state index contributed by atoms with van der Waals surface area (Å²) in [7, 11) is 0. The molecule has 2 heterocycles. The Hall–Kier alpha value is -1.21. The average molecular weight is 428 g/mol. The Labute approximate surface area is 155 Å². The summed E-state index contributed by atoms with van der Waals surface area (Å²) in [5.74, 6) is -0.0629. The van der Waals surface area contributed by atoms with E-state index < -0.39 is 0 Å². The predicted octanol–water partition coefficient (Wildman–Crippen LogP) is 5.15. The maximum Gasteiger partial charge on any atom is 0.226 e. The van der Waals surface area contributed by atoms with E-state index in [-0.39, 0.29) is 12.3 Å². The molecular weight excluding hydrogens is 416 g/mol. The lowest BCUT2D eigenvalue weighted by Crippen LogP contribution is -2.24. The van der Waals surface area contributed by atoms with Gasteiger partial charge >= 0.3 is 0 Å². The number of halogens is 2. The molecule has 0 atom stereocenters. The maximum atomic E-state index is 12.1. The van der Waals surface area contributed by atoms with E-state index in [1.807, 2.05) is 41.1 Å². The zero-order chi connectivity index (χ0) is 16.2. The molecule has 23 heavy (non-hydrogen) atoms. The first-order chi connectivity index (χ1) is 11.1. The number of benzene rings is 1. The highest BCUT2D eigenvalue weighted by molar-refractivity contribution is 9.10. The summed E-state index contributed by atoms with van der Waals surface area (Å²) in [4.78, 5) is 17.7. The summed E-state index contributed by atoms with van der Waals surface area (Å²) in [6.45, 7) is 0.410. The Kier molecular flexibility index (Phi) is 5.48. The Morgan fingerprint density at radius 1 is 1.30 bits per heavy atom. The predicted molar refractivity (Wildman–Crippen MR) is 100 cm³/mol. The van der Waals surface area contributed by atoms with Crippen molar-refractivity contribution in [1.82, 2.24) is 10.3 Å². The number of carbonyl (C=O) groups excluding carboxylic acids is 1. The molecular formula is C16H12BrClN2OS2. The van der Waals surface area contributed by atoms with Crippen molar-refractivity contribution in [3.63, 3.8) is 0 Å². The van der Waals surface area contributed by atoms with Crippen molar-refractivity contribution >= 4 is 56.1 Å². The molecule has 0 fully saturated rings. The lowest BCUT2D eigenvalue weighted by atomic mass is 10.2. The molecule has 3 rings (SSSR count). The third-order valence-electron chi connectivity index (χ3n) is 3.12. The van der Waals surface area contributed by atoms with Crippen LogP contribution in [0.15, 0.2) is 45.6 Å². The fraction of sp³-hybridized carbons (Fsp3) is 0.125. The number of thiazole rings is 1. The van der Waals surface area contributed by atoms with Gasteiger partial charge in [0.05, 0.1) is 17.0 Å². The SMILES string of the molecule is O=C(Cc1csc(-c2cccs2)n1)NCc1ccc(Br)cc1Cl. The van der Waals surface area contributed by atoms with Gasteiger partial charge in [-0.3, -0.25) is 4.79 Å². The number of hydrogen-bond acceptors (Lipinski definition) is 4. The lowest BCUT2D eigenvalue weighted by molar-refractivity contribution is -0.120. The van der Waals surface area contributed by atoms with E-state index in [0.717, 1.165) is 25.6 Å². The number of rotatable bonds is 5. The fourth-order valence-corrected chi connectivity index (χ4v) is 4.36. The first-order valence-corrected chi connectivity index (χ1v) is 9.74. The Bertz CT molecular complexity index is 817.